The van der Waals surface area contributed by atoms with Crippen LogP contribution in [0.2, 0.25) is 0 Å². The van der Waals surface area contributed by atoms with Crippen molar-refractivity contribution in [3.63, 3.8) is 0 Å². The van der Waals surface area contributed by atoms with Crippen molar-refractivity contribution in [2.45, 2.75) is 58.3 Å². The molecule has 2 fully saturated rings. The van der Waals surface area contributed by atoms with Gasteiger partial charge in [-0.3, -0.25) is 4.40 Å². The van der Waals surface area contributed by atoms with Gasteiger partial charge in [0, 0.05) is 31.9 Å². The van der Waals surface area contributed by atoms with Crippen LogP contribution in [0.15, 0.2) is 18.2 Å². The van der Waals surface area contributed by atoms with E-state index in [1.807, 2.05) is 0 Å². The van der Waals surface area contributed by atoms with Gasteiger partial charge in [-0.2, -0.15) is 0 Å². The predicted molar refractivity (Wildman–Crippen MR) is 101 cm³/mol. The maximum absolute atomic E-state index is 5.09. The van der Waals surface area contributed by atoms with Crippen molar-refractivity contribution in [3.05, 3.63) is 23.9 Å². The first kappa shape index (κ1) is 15.8. The van der Waals surface area contributed by atoms with Gasteiger partial charge in [-0.05, 0) is 44.7 Å². The summed E-state index contributed by atoms with van der Waals surface area (Å²) in [6, 6.07) is 6.51. The number of hydrogen-bond acceptors (Lipinski definition) is 3. The highest BCUT2D eigenvalue weighted by atomic mass is 15.3. The monoisotopic (exact) mass is 326 g/mol. The summed E-state index contributed by atoms with van der Waals surface area (Å²) in [5.41, 5.74) is 2.40. The Hall–Kier alpha value is -1.71. The highest BCUT2D eigenvalue weighted by Crippen LogP contribution is 2.34. The molecule has 4 nitrogen and oxygen atoms in total. The number of aryl methyl sites for hydroxylation is 1. The Kier molecular flexibility index (Phi) is 4.63. The number of imidazole rings is 1. The largest absolute Gasteiger partial charge is 0.355 e. The maximum atomic E-state index is 5.09. The van der Waals surface area contributed by atoms with Gasteiger partial charge in [-0.25, -0.2) is 4.98 Å². The molecule has 0 unspecified atom stereocenters. The second-order valence-corrected chi connectivity index (χ2v) is 7.42. The summed E-state index contributed by atoms with van der Waals surface area (Å²) < 4.78 is 2.39. The van der Waals surface area contributed by atoms with E-state index in [1.165, 1.54) is 81.8 Å². The molecule has 0 aromatic carbocycles. The van der Waals surface area contributed by atoms with E-state index in [-0.39, 0.29) is 0 Å². The number of rotatable bonds is 2. The highest BCUT2D eigenvalue weighted by Gasteiger charge is 2.25. The molecule has 4 rings (SSSR count). The SMILES string of the molecule is Cc1cccc2nc(N3CCCCCC3)c(N3CCCCCC3)n12. The van der Waals surface area contributed by atoms with Crippen molar-refractivity contribution in [1.82, 2.24) is 9.38 Å². The van der Waals surface area contributed by atoms with E-state index in [2.05, 4.69) is 39.3 Å². The second-order valence-electron chi connectivity index (χ2n) is 7.42. The lowest BCUT2D eigenvalue weighted by Gasteiger charge is -2.28. The molecule has 4 heterocycles. The summed E-state index contributed by atoms with van der Waals surface area (Å²) in [6.07, 6.45) is 10.7. The van der Waals surface area contributed by atoms with Crippen LogP contribution in [0.3, 0.4) is 0 Å². The van der Waals surface area contributed by atoms with Crippen LogP contribution < -0.4 is 9.80 Å². The molecule has 2 aliphatic heterocycles. The predicted octanol–water partition coefficient (Wildman–Crippen LogP) is 4.40. The molecule has 2 aromatic rings. The topological polar surface area (TPSA) is 23.8 Å². The van der Waals surface area contributed by atoms with E-state index in [9.17, 15) is 0 Å². The molecule has 2 aliphatic rings. The molecular formula is C20H30N4. The van der Waals surface area contributed by atoms with Crippen molar-refractivity contribution in [3.8, 4) is 0 Å². The molecule has 0 amide bonds. The quantitative estimate of drug-likeness (QED) is 0.817. The number of pyridine rings is 1. The van der Waals surface area contributed by atoms with E-state index in [4.69, 9.17) is 4.98 Å². The van der Waals surface area contributed by atoms with Crippen LogP contribution in [0.5, 0.6) is 0 Å². The second kappa shape index (κ2) is 7.04. The van der Waals surface area contributed by atoms with Crippen molar-refractivity contribution < 1.29 is 0 Å². The zero-order valence-corrected chi connectivity index (χ0v) is 15.0. The molecule has 0 saturated carbocycles. The molecule has 4 heteroatoms. The maximum Gasteiger partial charge on any atom is 0.172 e. The Morgan fingerprint density at radius 1 is 0.750 bits per heavy atom. The van der Waals surface area contributed by atoms with Crippen LogP contribution >= 0.6 is 0 Å². The molecule has 0 radical (unpaired) electrons. The zero-order chi connectivity index (χ0) is 16.4. The fourth-order valence-electron chi connectivity index (χ4n) is 4.28. The average molecular weight is 326 g/mol. The summed E-state index contributed by atoms with van der Waals surface area (Å²) in [5.74, 6) is 2.58. The molecule has 0 N–H and O–H groups in total. The van der Waals surface area contributed by atoms with Crippen molar-refractivity contribution in [1.29, 1.82) is 0 Å². The lowest BCUT2D eigenvalue weighted by molar-refractivity contribution is 0.726. The Bertz CT molecular complexity index is 674. The Balaban J connectivity index is 1.82. The zero-order valence-electron chi connectivity index (χ0n) is 15.0. The standard InChI is InChI=1S/C20H30N4/c1-17-11-10-12-18-21-19(22-13-6-2-3-7-14-22)20(24(17)18)23-15-8-4-5-9-16-23/h10-12H,2-9,13-16H2,1H3. The minimum atomic E-state index is 1.11. The molecule has 0 atom stereocenters. The number of nitrogens with zero attached hydrogens (tertiary/aromatic N) is 4. The third kappa shape index (κ3) is 2.99. The van der Waals surface area contributed by atoms with Crippen LogP contribution in [0, 0.1) is 6.92 Å². The van der Waals surface area contributed by atoms with Crippen LogP contribution in [-0.2, 0) is 0 Å². The Morgan fingerprint density at radius 3 is 1.96 bits per heavy atom. The van der Waals surface area contributed by atoms with Crippen LogP contribution in [0.25, 0.3) is 5.65 Å². The van der Waals surface area contributed by atoms with Gasteiger partial charge in [0.1, 0.15) is 5.65 Å². The first-order valence-electron chi connectivity index (χ1n) is 9.82. The number of aromatic nitrogens is 2. The molecule has 2 saturated heterocycles. The first-order chi connectivity index (χ1) is 11.8. The Morgan fingerprint density at radius 2 is 1.33 bits per heavy atom. The number of hydrogen-bond donors (Lipinski definition) is 0. The molecule has 0 aliphatic carbocycles. The minimum Gasteiger partial charge on any atom is -0.355 e. The van der Waals surface area contributed by atoms with E-state index in [0.29, 0.717) is 0 Å². The van der Waals surface area contributed by atoms with Gasteiger partial charge in [0.15, 0.2) is 11.6 Å². The lowest BCUT2D eigenvalue weighted by atomic mass is 10.2. The van der Waals surface area contributed by atoms with Crippen molar-refractivity contribution in [2.75, 3.05) is 36.0 Å². The summed E-state index contributed by atoms with van der Waals surface area (Å²) in [7, 11) is 0. The third-order valence-electron chi connectivity index (χ3n) is 5.61. The molecule has 24 heavy (non-hydrogen) atoms. The summed E-state index contributed by atoms with van der Waals surface area (Å²) >= 11 is 0. The number of anilines is 2. The van der Waals surface area contributed by atoms with E-state index >= 15 is 0 Å². The highest BCUT2D eigenvalue weighted by molar-refractivity contribution is 5.71. The van der Waals surface area contributed by atoms with Crippen molar-refractivity contribution >= 4 is 17.3 Å². The molecule has 0 spiro atoms. The third-order valence-corrected chi connectivity index (χ3v) is 5.61. The van der Waals surface area contributed by atoms with E-state index in [0.717, 1.165) is 18.7 Å². The summed E-state index contributed by atoms with van der Waals surface area (Å²) in [4.78, 5) is 10.3. The number of fused-ring (bicyclic) bond motifs is 1. The van der Waals surface area contributed by atoms with Crippen molar-refractivity contribution in [2.24, 2.45) is 0 Å². The smallest absolute Gasteiger partial charge is 0.172 e. The van der Waals surface area contributed by atoms with Gasteiger partial charge in [0.2, 0.25) is 0 Å². The van der Waals surface area contributed by atoms with Gasteiger partial charge in [0.05, 0.1) is 0 Å². The first-order valence-corrected chi connectivity index (χ1v) is 9.82. The fourth-order valence-corrected chi connectivity index (χ4v) is 4.28. The van der Waals surface area contributed by atoms with E-state index < -0.39 is 0 Å². The molecular weight excluding hydrogens is 296 g/mol. The van der Waals surface area contributed by atoms with Gasteiger partial charge in [0.25, 0.3) is 0 Å². The van der Waals surface area contributed by atoms with E-state index in [1.54, 1.807) is 0 Å². The molecule has 0 bridgehead atoms. The Labute approximate surface area is 145 Å². The van der Waals surface area contributed by atoms with Gasteiger partial charge in [-0.15, -0.1) is 0 Å². The fraction of sp³-hybridized carbons (Fsp3) is 0.650. The summed E-state index contributed by atoms with van der Waals surface area (Å²) in [6.45, 7) is 6.86. The van der Waals surface area contributed by atoms with Crippen LogP contribution in [-0.4, -0.2) is 35.6 Å². The van der Waals surface area contributed by atoms with Crippen LogP contribution in [0.4, 0.5) is 11.6 Å². The minimum absolute atomic E-state index is 1.11. The van der Waals surface area contributed by atoms with Crippen LogP contribution in [0.1, 0.15) is 57.1 Å². The normalized spacial score (nSPS) is 20.2. The summed E-state index contributed by atoms with van der Waals surface area (Å²) in [5, 5.41) is 0. The van der Waals surface area contributed by atoms with Gasteiger partial charge < -0.3 is 9.80 Å². The van der Waals surface area contributed by atoms with Gasteiger partial charge >= 0.3 is 0 Å². The average Bonchev–Trinajstić information content (AvgIpc) is 2.81. The molecule has 2 aromatic heterocycles. The van der Waals surface area contributed by atoms with Gasteiger partial charge in [-0.1, -0.05) is 31.7 Å². The molecule has 130 valence electrons. The lowest BCUT2D eigenvalue weighted by Crippen LogP contribution is -2.30.